The van der Waals surface area contributed by atoms with Gasteiger partial charge in [-0.2, -0.15) is 0 Å². The van der Waals surface area contributed by atoms with E-state index in [1.54, 1.807) is 0 Å². The van der Waals surface area contributed by atoms with Gasteiger partial charge in [-0.15, -0.1) is 0 Å². The van der Waals surface area contributed by atoms with E-state index in [1.165, 1.54) is 5.56 Å². The average molecular weight is 177 g/mol. The predicted octanol–water partition coefficient (Wildman–Crippen LogP) is 1.96. The minimum absolute atomic E-state index is 0.656. The van der Waals surface area contributed by atoms with Gasteiger partial charge in [-0.25, -0.2) is 0 Å². The molecule has 68 valence electrons. The summed E-state index contributed by atoms with van der Waals surface area (Å²) in [4.78, 5) is 0. The highest BCUT2D eigenvalue weighted by molar-refractivity contribution is 5.91. The number of hydrogen-bond acceptors (Lipinski definition) is 1. The smallest absolute Gasteiger partial charge is 0.318 e. The molecule has 0 amide bonds. The number of hydrogen-bond donors (Lipinski definition) is 0. The van der Waals surface area contributed by atoms with E-state index in [0.29, 0.717) is 12.6 Å². The topological polar surface area (TPSA) is 20.5 Å². The summed E-state index contributed by atoms with van der Waals surface area (Å²) in [5.74, 6) is 0.685. The Morgan fingerprint density at radius 3 is 3.08 bits per heavy atom. The monoisotopic (exact) mass is 177 g/mol. The van der Waals surface area contributed by atoms with E-state index in [2.05, 4.69) is 6.07 Å². The van der Waals surface area contributed by atoms with Crippen molar-refractivity contribution in [2.45, 2.75) is 13.3 Å². The fraction of sp³-hybridized carbons (Fsp3) is 0.364. The molecule has 1 heterocycles. The molecular weight excluding hydrogens is 164 g/mol. The van der Waals surface area contributed by atoms with Gasteiger partial charge in [-0.1, -0.05) is 18.2 Å². The summed E-state index contributed by atoms with van der Waals surface area (Å²) >= 11 is 0. The third-order valence-corrected chi connectivity index (χ3v) is 2.12. The standard InChI is InChI=1S/C11H13O2/c1-2-12-11-10-6-4-3-5-9(10)7-8-13-11/h3-6H,2,7-8H2,1H3/q+1. The molecule has 1 aliphatic heterocycles. The highest BCUT2D eigenvalue weighted by Crippen LogP contribution is 2.15. The predicted molar refractivity (Wildman–Crippen MR) is 51.0 cm³/mol. The molecule has 0 aliphatic carbocycles. The van der Waals surface area contributed by atoms with E-state index in [-0.39, 0.29) is 0 Å². The lowest BCUT2D eigenvalue weighted by Gasteiger charge is -2.06. The molecule has 0 saturated carbocycles. The second-order valence-electron chi connectivity index (χ2n) is 2.98. The van der Waals surface area contributed by atoms with Crippen LogP contribution >= 0.6 is 0 Å². The van der Waals surface area contributed by atoms with Crippen LogP contribution in [0.1, 0.15) is 22.5 Å². The van der Waals surface area contributed by atoms with E-state index in [4.69, 9.17) is 9.16 Å². The summed E-state index contributed by atoms with van der Waals surface area (Å²) in [6.45, 7) is 3.35. The van der Waals surface area contributed by atoms with Crippen LogP contribution in [0.3, 0.4) is 0 Å². The molecule has 0 bridgehead atoms. The van der Waals surface area contributed by atoms with Crippen molar-refractivity contribution < 1.29 is 9.16 Å². The molecule has 0 unspecified atom stereocenters. The van der Waals surface area contributed by atoms with Gasteiger partial charge >= 0.3 is 5.97 Å². The van der Waals surface area contributed by atoms with E-state index < -0.39 is 0 Å². The minimum Gasteiger partial charge on any atom is -0.318 e. The quantitative estimate of drug-likeness (QED) is 0.474. The summed E-state index contributed by atoms with van der Waals surface area (Å²) in [7, 11) is 0. The zero-order chi connectivity index (χ0) is 9.10. The molecule has 1 aromatic carbocycles. The summed E-state index contributed by atoms with van der Waals surface area (Å²) in [6, 6.07) is 8.22. The number of esters is 1. The van der Waals surface area contributed by atoms with Gasteiger partial charge in [0, 0.05) is 6.42 Å². The Morgan fingerprint density at radius 2 is 2.23 bits per heavy atom. The molecule has 0 fully saturated rings. The van der Waals surface area contributed by atoms with Crippen LogP contribution in [-0.4, -0.2) is 19.2 Å². The van der Waals surface area contributed by atoms with E-state index >= 15 is 0 Å². The van der Waals surface area contributed by atoms with Gasteiger partial charge < -0.3 is 9.16 Å². The highest BCUT2D eigenvalue weighted by atomic mass is 16.6. The molecular formula is C11H13O2+. The first-order chi connectivity index (χ1) is 6.42. The van der Waals surface area contributed by atoms with Crippen molar-refractivity contribution in [3.8, 4) is 0 Å². The largest absolute Gasteiger partial charge is 0.519 e. The van der Waals surface area contributed by atoms with Crippen LogP contribution in [0.5, 0.6) is 0 Å². The lowest BCUT2D eigenvalue weighted by Crippen LogP contribution is -2.16. The Kier molecular flexibility index (Phi) is 2.30. The zero-order valence-corrected chi connectivity index (χ0v) is 7.75. The van der Waals surface area contributed by atoms with Gasteiger partial charge in [0.05, 0.1) is 0 Å². The molecule has 0 saturated heterocycles. The van der Waals surface area contributed by atoms with Crippen molar-refractivity contribution in [2.24, 2.45) is 0 Å². The van der Waals surface area contributed by atoms with Gasteiger partial charge in [0.15, 0.2) is 13.2 Å². The van der Waals surface area contributed by atoms with Gasteiger partial charge in [0.1, 0.15) is 5.56 Å². The second-order valence-corrected chi connectivity index (χ2v) is 2.98. The Labute approximate surface area is 77.8 Å². The summed E-state index contributed by atoms with van der Waals surface area (Å²) in [5.41, 5.74) is 2.42. The number of ether oxygens (including phenoxy) is 1. The van der Waals surface area contributed by atoms with Crippen molar-refractivity contribution in [1.82, 2.24) is 0 Å². The normalized spacial score (nSPS) is 14.7. The molecule has 0 aromatic heterocycles. The molecule has 2 rings (SSSR count). The van der Waals surface area contributed by atoms with Gasteiger partial charge in [0.2, 0.25) is 0 Å². The Hall–Kier alpha value is -1.31. The first-order valence-electron chi connectivity index (χ1n) is 4.62. The molecule has 13 heavy (non-hydrogen) atoms. The van der Waals surface area contributed by atoms with Crippen LogP contribution in [-0.2, 0) is 11.2 Å². The van der Waals surface area contributed by atoms with Gasteiger partial charge in [0.25, 0.3) is 0 Å². The molecule has 1 aliphatic rings. The Bertz CT molecular complexity index is 329. The Morgan fingerprint density at radius 1 is 1.38 bits per heavy atom. The van der Waals surface area contributed by atoms with Crippen LogP contribution in [0.4, 0.5) is 0 Å². The molecule has 2 nitrogen and oxygen atoms in total. The number of fused-ring (bicyclic) bond motifs is 1. The number of carbonyl (C=O) groups excluding carboxylic acids is 1. The SMILES string of the molecule is CCOC1=[O+]CCc2ccccc21. The molecule has 2 heteroatoms. The summed E-state index contributed by atoms with van der Waals surface area (Å²) in [6.07, 6.45) is 0.979. The van der Waals surface area contributed by atoms with Crippen LogP contribution in [0.2, 0.25) is 0 Å². The summed E-state index contributed by atoms with van der Waals surface area (Å²) in [5, 5.41) is 0. The van der Waals surface area contributed by atoms with Crippen LogP contribution in [0.25, 0.3) is 0 Å². The zero-order valence-electron chi connectivity index (χ0n) is 7.75. The maximum absolute atomic E-state index is 5.44. The van der Waals surface area contributed by atoms with Crippen molar-refractivity contribution in [3.63, 3.8) is 0 Å². The molecule has 0 radical (unpaired) electrons. The molecule has 1 aromatic rings. The number of benzene rings is 1. The fourth-order valence-corrected chi connectivity index (χ4v) is 1.52. The lowest BCUT2D eigenvalue weighted by molar-refractivity contribution is -0.286. The second kappa shape index (κ2) is 3.60. The van der Waals surface area contributed by atoms with E-state index in [0.717, 1.165) is 18.6 Å². The summed E-state index contributed by atoms with van der Waals surface area (Å²) < 4.78 is 10.8. The van der Waals surface area contributed by atoms with Gasteiger partial charge in [-0.05, 0) is 18.6 Å². The van der Waals surface area contributed by atoms with Crippen molar-refractivity contribution >= 4 is 5.97 Å². The van der Waals surface area contributed by atoms with E-state index in [9.17, 15) is 0 Å². The third kappa shape index (κ3) is 1.57. The highest BCUT2D eigenvalue weighted by Gasteiger charge is 2.24. The molecule has 0 atom stereocenters. The number of rotatable bonds is 1. The van der Waals surface area contributed by atoms with Crippen molar-refractivity contribution in [2.75, 3.05) is 13.2 Å². The average Bonchev–Trinajstić information content (AvgIpc) is 2.19. The first kappa shape index (κ1) is 8.30. The third-order valence-electron chi connectivity index (χ3n) is 2.12. The van der Waals surface area contributed by atoms with Crippen LogP contribution in [0, 0.1) is 0 Å². The first-order valence-corrected chi connectivity index (χ1v) is 4.62. The molecule has 0 N–H and O–H groups in total. The van der Waals surface area contributed by atoms with Crippen LogP contribution < -0.4 is 0 Å². The Balaban J connectivity index is 2.36. The van der Waals surface area contributed by atoms with Crippen molar-refractivity contribution in [3.05, 3.63) is 35.4 Å². The maximum Gasteiger partial charge on any atom is 0.519 e. The van der Waals surface area contributed by atoms with Crippen LogP contribution in [0.15, 0.2) is 24.3 Å². The van der Waals surface area contributed by atoms with Crippen molar-refractivity contribution in [1.29, 1.82) is 0 Å². The maximum atomic E-state index is 5.44. The minimum atomic E-state index is 0.656. The fourth-order valence-electron chi connectivity index (χ4n) is 1.52. The van der Waals surface area contributed by atoms with E-state index in [1.807, 2.05) is 25.1 Å². The molecule has 0 spiro atoms. The lowest BCUT2D eigenvalue weighted by atomic mass is 10.0. The van der Waals surface area contributed by atoms with Gasteiger partial charge in [-0.3, -0.25) is 0 Å².